The van der Waals surface area contributed by atoms with Gasteiger partial charge in [-0.25, -0.2) is 0 Å². The number of rotatable bonds is 3. The van der Waals surface area contributed by atoms with Gasteiger partial charge in [0.05, 0.1) is 27.2 Å². The van der Waals surface area contributed by atoms with Gasteiger partial charge in [0.1, 0.15) is 5.75 Å². The number of hydrogen-bond donors (Lipinski definition) is 2. The number of likely N-dealkylation sites (tertiary alicyclic amines) is 1. The van der Waals surface area contributed by atoms with Crippen LogP contribution in [-0.4, -0.2) is 48.7 Å². The van der Waals surface area contributed by atoms with Crippen LogP contribution < -0.4 is 5.32 Å². The SMILES string of the molecule is C[N+]1(C)CC[C@@]2(c3cccc(O)c3)C[C@H](NC(=O)c3ccc4ccccc4c3)CC[C@@H]2C1. The van der Waals surface area contributed by atoms with E-state index in [1.807, 2.05) is 42.5 Å². The van der Waals surface area contributed by atoms with Crippen LogP contribution in [0.2, 0.25) is 0 Å². The van der Waals surface area contributed by atoms with Crippen molar-refractivity contribution in [3.05, 3.63) is 77.9 Å². The van der Waals surface area contributed by atoms with Crippen molar-refractivity contribution in [1.29, 1.82) is 0 Å². The lowest BCUT2D eigenvalue weighted by molar-refractivity contribution is -0.901. The van der Waals surface area contributed by atoms with Crippen molar-refractivity contribution in [1.82, 2.24) is 5.32 Å². The molecule has 3 aromatic rings. The second-order valence-electron chi connectivity index (χ2n) is 10.5. The summed E-state index contributed by atoms with van der Waals surface area (Å²) in [5.41, 5.74) is 1.96. The Hall–Kier alpha value is -2.85. The molecule has 3 atom stereocenters. The Balaban J connectivity index is 1.40. The van der Waals surface area contributed by atoms with Crippen molar-refractivity contribution in [2.24, 2.45) is 5.92 Å². The normalized spacial score (nSPS) is 26.9. The van der Waals surface area contributed by atoms with E-state index in [1.165, 1.54) is 5.56 Å². The first-order valence-corrected chi connectivity index (χ1v) is 11.8. The second kappa shape index (κ2) is 7.93. The van der Waals surface area contributed by atoms with Crippen LogP contribution in [0.15, 0.2) is 66.7 Å². The molecule has 0 radical (unpaired) electrons. The number of carbonyl (C=O) groups is 1. The minimum Gasteiger partial charge on any atom is -0.508 e. The molecule has 1 saturated heterocycles. The first kappa shape index (κ1) is 21.0. The van der Waals surface area contributed by atoms with Crippen LogP contribution in [0, 0.1) is 5.92 Å². The Bertz CT molecular complexity index is 1150. The lowest BCUT2D eigenvalue weighted by Crippen LogP contribution is -2.60. The number of phenolic OH excluding ortho intramolecular Hbond substituents is 1. The summed E-state index contributed by atoms with van der Waals surface area (Å²) in [7, 11) is 4.64. The fourth-order valence-corrected chi connectivity index (χ4v) is 6.19. The van der Waals surface area contributed by atoms with E-state index in [9.17, 15) is 9.90 Å². The fraction of sp³-hybridized carbons (Fsp3) is 0.393. The van der Waals surface area contributed by atoms with E-state index in [4.69, 9.17) is 0 Å². The predicted octanol–water partition coefficient (Wildman–Crippen LogP) is 4.86. The van der Waals surface area contributed by atoms with Gasteiger partial charge in [-0.1, -0.05) is 42.5 Å². The summed E-state index contributed by atoms with van der Waals surface area (Å²) >= 11 is 0. The van der Waals surface area contributed by atoms with Crippen LogP contribution in [0.1, 0.15) is 41.6 Å². The minimum absolute atomic E-state index is 0.00604. The van der Waals surface area contributed by atoms with Crippen LogP contribution in [0.3, 0.4) is 0 Å². The third-order valence-corrected chi connectivity index (χ3v) is 7.90. The van der Waals surface area contributed by atoms with E-state index in [-0.39, 0.29) is 17.4 Å². The molecule has 166 valence electrons. The zero-order chi connectivity index (χ0) is 22.3. The van der Waals surface area contributed by atoms with E-state index in [1.54, 1.807) is 6.07 Å². The summed E-state index contributed by atoms with van der Waals surface area (Å²) in [5, 5.41) is 15.8. The molecule has 1 amide bonds. The predicted molar refractivity (Wildman–Crippen MR) is 129 cm³/mol. The molecule has 0 unspecified atom stereocenters. The number of quaternary nitrogens is 1. The van der Waals surface area contributed by atoms with Crippen molar-refractivity contribution in [2.45, 2.75) is 37.1 Å². The number of aromatic hydroxyl groups is 1. The maximum Gasteiger partial charge on any atom is 0.251 e. The lowest BCUT2D eigenvalue weighted by atomic mass is 9.57. The van der Waals surface area contributed by atoms with E-state index in [2.05, 4.69) is 37.6 Å². The number of nitrogens with one attached hydrogen (secondary N) is 1. The van der Waals surface area contributed by atoms with Crippen molar-refractivity contribution in [2.75, 3.05) is 27.2 Å². The summed E-state index contributed by atoms with van der Waals surface area (Å²) in [6.07, 6.45) is 4.11. The minimum atomic E-state index is 0.00604. The molecule has 5 rings (SSSR count). The molecule has 3 aromatic carbocycles. The number of hydrogen-bond acceptors (Lipinski definition) is 2. The third kappa shape index (κ3) is 3.88. The Morgan fingerprint density at radius 2 is 1.81 bits per heavy atom. The zero-order valence-electron chi connectivity index (χ0n) is 19.1. The third-order valence-electron chi connectivity index (χ3n) is 7.90. The van der Waals surface area contributed by atoms with Gasteiger partial charge in [0.2, 0.25) is 0 Å². The summed E-state index contributed by atoms with van der Waals surface area (Å²) in [6, 6.07) is 22.1. The average molecular weight is 430 g/mol. The first-order valence-electron chi connectivity index (χ1n) is 11.8. The molecular formula is C28H33N2O2+. The monoisotopic (exact) mass is 429 g/mol. The van der Waals surface area contributed by atoms with Crippen LogP contribution in [0.25, 0.3) is 10.8 Å². The highest BCUT2D eigenvalue weighted by Crippen LogP contribution is 2.50. The fourth-order valence-electron chi connectivity index (χ4n) is 6.19. The van der Waals surface area contributed by atoms with E-state index >= 15 is 0 Å². The van der Waals surface area contributed by atoms with Crippen LogP contribution in [-0.2, 0) is 5.41 Å². The molecule has 1 aliphatic heterocycles. The van der Waals surface area contributed by atoms with E-state index in [0.717, 1.165) is 59.6 Å². The molecule has 1 saturated carbocycles. The molecule has 1 heterocycles. The van der Waals surface area contributed by atoms with Gasteiger partial charge in [-0.15, -0.1) is 0 Å². The van der Waals surface area contributed by atoms with Gasteiger partial charge in [-0.3, -0.25) is 4.79 Å². The van der Waals surface area contributed by atoms with Gasteiger partial charge in [0.25, 0.3) is 5.91 Å². The average Bonchev–Trinajstić information content (AvgIpc) is 2.78. The molecule has 1 aliphatic carbocycles. The zero-order valence-corrected chi connectivity index (χ0v) is 19.1. The van der Waals surface area contributed by atoms with E-state index < -0.39 is 0 Å². The number of amides is 1. The Kier molecular flexibility index (Phi) is 5.21. The lowest BCUT2D eigenvalue weighted by Gasteiger charge is -2.54. The van der Waals surface area contributed by atoms with Gasteiger partial charge in [0.15, 0.2) is 0 Å². The van der Waals surface area contributed by atoms with Crippen LogP contribution >= 0.6 is 0 Å². The second-order valence-corrected chi connectivity index (χ2v) is 10.5. The number of piperidine rings is 1. The highest BCUT2D eigenvalue weighted by molar-refractivity contribution is 5.98. The van der Waals surface area contributed by atoms with E-state index in [0.29, 0.717) is 11.7 Å². The summed E-state index contributed by atoms with van der Waals surface area (Å²) in [4.78, 5) is 13.2. The molecule has 0 spiro atoms. The topological polar surface area (TPSA) is 49.3 Å². The summed E-state index contributed by atoms with van der Waals surface area (Å²) in [5.74, 6) is 0.899. The molecular weight excluding hydrogens is 396 g/mol. The van der Waals surface area contributed by atoms with Gasteiger partial charge < -0.3 is 14.9 Å². The maximum atomic E-state index is 13.2. The highest BCUT2D eigenvalue weighted by atomic mass is 16.3. The van der Waals surface area contributed by atoms with Gasteiger partial charge in [0, 0.05) is 29.4 Å². The summed E-state index contributed by atoms with van der Waals surface area (Å²) < 4.78 is 1.04. The molecule has 2 fully saturated rings. The van der Waals surface area contributed by atoms with Crippen LogP contribution in [0.5, 0.6) is 5.75 Å². The first-order chi connectivity index (χ1) is 15.3. The van der Waals surface area contributed by atoms with Crippen LogP contribution in [0.4, 0.5) is 0 Å². The molecule has 0 bridgehead atoms. The van der Waals surface area contributed by atoms with Gasteiger partial charge >= 0.3 is 0 Å². The quantitative estimate of drug-likeness (QED) is 0.584. The number of carbonyl (C=O) groups excluding carboxylic acids is 1. The van der Waals surface area contributed by atoms with Gasteiger partial charge in [-0.05, 0) is 59.9 Å². The molecule has 32 heavy (non-hydrogen) atoms. The van der Waals surface area contributed by atoms with Crippen molar-refractivity contribution < 1.29 is 14.4 Å². The number of benzene rings is 3. The smallest absolute Gasteiger partial charge is 0.251 e. The standard InChI is InChI=1S/C28H32N2O2/c1-30(2)15-14-28(23-8-5-9-26(31)17-23)18-25(13-12-24(28)19-30)29-27(32)22-11-10-20-6-3-4-7-21(20)16-22/h3-11,16-17,24-25H,12-15,18-19H2,1-2H3,(H-,29,31,32)/p+1/t24-,25-,28+/m1/s1. The molecule has 0 aromatic heterocycles. The Morgan fingerprint density at radius 3 is 2.62 bits per heavy atom. The largest absolute Gasteiger partial charge is 0.508 e. The van der Waals surface area contributed by atoms with Crippen molar-refractivity contribution >= 4 is 16.7 Å². The molecule has 2 N–H and O–H groups in total. The molecule has 2 aliphatic rings. The Morgan fingerprint density at radius 1 is 1.00 bits per heavy atom. The van der Waals surface area contributed by atoms with Gasteiger partial charge in [-0.2, -0.15) is 0 Å². The number of phenols is 1. The highest BCUT2D eigenvalue weighted by Gasteiger charge is 2.51. The maximum absolute atomic E-state index is 13.2. The number of fused-ring (bicyclic) bond motifs is 2. The molecule has 4 nitrogen and oxygen atoms in total. The Labute approximate surface area is 190 Å². The van der Waals surface area contributed by atoms with Crippen molar-refractivity contribution in [3.8, 4) is 5.75 Å². The summed E-state index contributed by atoms with van der Waals surface area (Å²) in [6.45, 7) is 2.25. The van der Waals surface area contributed by atoms with Crippen molar-refractivity contribution in [3.63, 3.8) is 0 Å². The number of nitrogens with zero attached hydrogens (tertiary/aromatic N) is 1. The molecule has 4 heteroatoms.